The summed E-state index contributed by atoms with van der Waals surface area (Å²) in [7, 11) is 0. The van der Waals surface area contributed by atoms with E-state index in [4.69, 9.17) is 4.74 Å². The number of rotatable bonds is 6. The lowest BCUT2D eigenvalue weighted by Crippen LogP contribution is -2.52. The standard InChI is InChI=1S/C22H29BrN2O3/c23-17-2-1-3-18-19(17)16(10-25(18)12-22(27)13-28-14-22)20(26)24-11-21-7-4-15(5-8-21)6-9-21/h1-3,10,15,20,24,26-27H,4-9,11-14H2. The zero-order valence-corrected chi connectivity index (χ0v) is 17.7. The predicted molar refractivity (Wildman–Crippen MR) is 112 cm³/mol. The van der Waals surface area contributed by atoms with Crippen LogP contribution >= 0.6 is 15.9 Å². The number of aliphatic hydroxyl groups excluding tert-OH is 1. The van der Waals surface area contributed by atoms with Crippen LogP contribution < -0.4 is 5.32 Å². The van der Waals surface area contributed by atoms with E-state index in [2.05, 4.69) is 21.2 Å². The fraction of sp³-hybridized carbons (Fsp3) is 0.636. The summed E-state index contributed by atoms with van der Waals surface area (Å²) in [6.07, 6.45) is 9.18. The van der Waals surface area contributed by atoms with Gasteiger partial charge in [-0.05, 0) is 62.0 Å². The summed E-state index contributed by atoms with van der Waals surface area (Å²) in [5, 5.41) is 26.0. The summed E-state index contributed by atoms with van der Waals surface area (Å²) >= 11 is 3.66. The highest BCUT2D eigenvalue weighted by Gasteiger charge is 2.40. The highest BCUT2D eigenvalue weighted by Crippen LogP contribution is 2.50. The zero-order valence-electron chi connectivity index (χ0n) is 16.2. The van der Waals surface area contributed by atoms with E-state index in [1.807, 2.05) is 29.0 Å². The molecule has 1 aromatic carbocycles. The maximum atomic E-state index is 11.0. The Morgan fingerprint density at radius 2 is 1.93 bits per heavy atom. The van der Waals surface area contributed by atoms with Crippen LogP contribution in [0.2, 0.25) is 0 Å². The first-order chi connectivity index (χ1) is 13.5. The van der Waals surface area contributed by atoms with Crippen molar-refractivity contribution in [1.82, 2.24) is 9.88 Å². The van der Waals surface area contributed by atoms with Gasteiger partial charge in [0.05, 0.1) is 19.8 Å². The minimum Gasteiger partial charge on any atom is -0.383 e. The van der Waals surface area contributed by atoms with Gasteiger partial charge in [-0.3, -0.25) is 5.32 Å². The molecule has 0 radical (unpaired) electrons. The summed E-state index contributed by atoms with van der Waals surface area (Å²) in [4.78, 5) is 0. The maximum Gasteiger partial charge on any atom is 0.133 e. The fourth-order valence-electron chi connectivity index (χ4n) is 5.45. The molecule has 1 saturated heterocycles. The van der Waals surface area contributed by atoms with Gasteiger partial charge in [-0.25, -0.2) is 0 Å². The van der Waals surface area contributed by atoms with Crippen molar-refractivity contribution >= 4 is 26.8 Å². The molecule has 1 atom stereocenters. The molecule has 1 aromatic heterocycles. The molecule has 28 heavy (non-hydrogen) atoms. The Balaban J connectivity index is 1.39. The Kier molecular flexibility index (Phi) is 4.83. The molecule has 1 aliphatic heterocycles. The van der Waals surface area contributed by atoms with Crippen LogP contribution in [0.25, 0.3) is 10.9 Å². The highest BCUT2D eigenvalue weighted by atomic mass is 79.9. The van der Waals surface area contributed by atoms with Crippen LogP contribution in [0.15, 0.2) is 28.9 Å². The third-order valence-corrected chi connectivity index (χ3v) is 7.97. The first kappa shape index (κ1) is 19.1. The topological polar surface area (TPSA) is 66.7 Å². The molecule has 0 spiro atoms. The summed E-state index contributed by atoms with van der Waals surface area (Å²) in [6.45, 7) is 2.06. The second-order valence-corrected chi connectivity index (χ2v) is 10.2. The number of benzene rings is 1. The van der Waals surface area contributed by atoms with Gasteiger partial charge in [-0.15, -0.1) is 0 Å². The van der Waals surface area contributed by atoms with E-state index in [1.165, 1.54) is 38.5 Å². The van der Waals surface area contributed by atoms with E-state index >= 15 is 0 Å². The summed E-state index contributed by atoms with van der Waals surface area (Å²) in [5.41, 5.74) is 1.43. The Labute approximate surface area is 174 Å². The van der Waals surface area contributed by atoms with Gasteiger partial charge in [0.1, 0.15) is 11.8 Å². The van der Waals surface area contributed by atoms with E-state index in [1.54, 1.807) is 0 Å². The van der Waals surface area contributed by atoms with Gasteiger partial charge in [-0.2, -0.15) is 0 Å². The van der Waals surface area contributed by atoms with E-state index in [0.29, 0.717) is 25.2 Å². The fourth-order valence-corrected chi connectivity index (χ4v) is 6.04. The Bertz CT molecular complexity index is 854. The molecule has 4 fully saturated rings. The smallest absolute Gasteiger partial charge is 0.133 e. The molecule has 0 amide bonds. The lowest BCUT2D eigenvalue weighted by Gasteiger charge is -2.47. The second kappa shape index (κ2) is 7.10. The van der Waals surface area contributed by atoms with Gasteiger partial charge in [0.15, 0.2) is 0 Å². The maximum absolute atomic E-state index is 11.0. The molecule has 3 saturated carbocycles. The Hall–Kier alpha value is -0.920. The second-order valence-electron chi connectivity index (χ2n) is 9.33. The lowest BCUT2D eigenvalue weighted by atomic mass is 9.61. The normalized spacial score (nSPS) is 29.8. The van der Waals surface area contributed by atoms with Crippen molar-refractivity contribution in [3.63, 3.8) is 0 Å². The number of ether oxygens (including phenoxy) is 1. The van der Waals surface area contributed by atoms with Crippen LogP contribution in [0.1, 0.15) is 50.3 Å². The van der Waals surface area contributed by atoms with E-state index in [9.17, 15) is 10.2 Å². The van der Waals surface area contributed by atoms with E-state index in [-0.39, 0.29) is 0 Å². The molecule has 4 aliphatic rings. The lowest BCUT2D eigenvalue weighted by molar-refractivity contribution is -0.184. The van der Waals surface area contributed by atoms with Crippen molar-refractivity contribution < 1.29 is 14.9 Å². The Morgan fingerprint density at radius 1 is 1.21 bits per heavy atom. The first-order valence-electron chi connectivity index (χ1n) is 10.5. The third kappa shape index (κ3) is 3.33. The van der Waals surface area contributed by atoms with E-state index < -0.39 is 11.8 Å². The summed E-state index contributed by atoms with van der Waals surface area (Å²) < 4.78 is 8.21. The van der Waals surface area contributed by atoms with Crippen molar-refractivity contribution in [1.29, 1.82) is 0 Å². The minimum atomic E-state index is -0.816. The molecule has 2 heterocycles. The monoisotopic (exact) mass is 448 g/mol. The van der Waals surface area contributed by atoms with Crippen LogP contribution in [0.4, 0.5) is 0 Å². The van der Waals surface area contributed by atoms with Crippen LogP contribution in [-0.4, -0.2) is 40.1 Å². The first-order valence-corrected chi connectivity index (χ1v) is 11.3. The number of nitrogens with one attached hydrogen (secondary N) is 1. The van der Waals surface area contributed by atoms with Crippen LogP contribution in [0, 0.1) is 11.3 Å². The van der Waals surface area contributed by atoms with Gasteiger partial charge in [0, 0.05) is 33.7 Å². The SMILES string of the molecule is OC(NCC12CCC(CC1)CC2)c1cn(CC2(O)COC2)c2cccc(Br)c12. The third-order valence-electron chi connectivity index (χ3n) is 7.30. The zero-order chi connectivity index (χ0) is 19.4. The molecule has 152 valence electrons. The summed E-state index contributed by atoms with van der Waals surface area (Å²) in [6, 6.07) is 6.04. The number of nitrogens with zero attached hydrogens (tertiary/aromatic N) is 1. The van der Waals surface area contributed by atoms with Crippen molar-refractivity contribution in [2.24, 2.45) is 11.3 Å². The summed E-state index contributed by atoms with van der Waals surface area (Å²) in [5.74, 6) is 0.946. The quantitative estimate of drug-likeness (QED) is 0.589. The minimum absolute atomic E-state index is 0.361. The highest BCUT2D eigenvalue weighted by molar-refractivity contribution is 9.10. The van der Waals surface area contributed by atoms with Crippen LogP contribution in [0.5, 0.6) is 0 Å². The number of hydrogen-bond acceptors (Lipinski definition) is 4. The predicted octanol–water partition coefficient (Wildman–Crippen LogP) is 3.72. The number of fused-ring (bicyclic) bond motifs is 4. The molecule has 5 nitrogen and oxygen atoms in total. The average molecular weight is 449 g/mol. The molecule has 6 rings (SSSR count). The van der Waals surface area contributed by atoms with Gasteiger partial charge in [-0.1, -0.05) is 22.0 Å². The average Bonchev–Trinajstić information content (AvgIpc) is 3.06. The molecule has 2 bridgehead atoms. The molecule has 2 aromatic rings. The number of aliphatic hydroxyl groups is 2. The van der Waals surface area contributed by atoms with Gasteiger partial charge in [0.2, 0.25) is 0 Å². The molecular formula is C22H29BrN2O3. The Morgan fingerprint density at radius 3 is 2.57 bits per heavy atom. The van der Waals surface area contributed by atoms with Crippen LogP contribution in [0.3, 0.4) is 0 Å². The van der Waals surface area contributed by atoms with Crippen molar-refractivity contribution in [2.75, 3.05) is 19.8 Å². The molecule has 6 heteroatoms. The van der Waals surface area contributed by atoms with Gasteiger partial charge in [0.25, 0.3) is 0 Å². The number of aromatic nitrogens is 1. The largest absolute Gasteiger partial charge is 0.383 e. The molecule has 1 unspecified atom stereocenters. The van der Waals surface area contributed by atoms with Crippen LogP contribution in [-0.2, 0) is 11.3 Å². The van der Waals surface area contributed by atoms with E-state index in [0.717, 1.165) is 33.4 Å². The van der Waals surface area contributed by atoms with Crippen molar-refractivity contribution in [3.8, 4) is 0 Å². The van der Waals surface area contributed by atoms with Gasteiger partial charge < -0.3 is 19.5 Å². The number of halogens is 1. The van der Waals surface area contributed by atoms with Crippen molar-refractivity contribution in [3.05, 3.63) is 34.4 Å². The van der Waals surface area contributed by atoms with Gasteiger partial charge >= 0.3 is 0 Å². The molecule has 3 N–H and O–H groups in total. The molecule has 3 aliphatic carbocycles. The molecular weight excluding hydrogens is 420 g/mol. The number of hydrogen-bond donors (Lipinski definition) is 3. The van der Waals surface area contributed by atoms with Crippen molar-refractivity contribution in [2.45, 2.75) is 56.9 Å².